The summed E-state index contributed by atoms with van der Waals surface area (Å²) in [5, 5.41) is 10.7. The SMILES string of the molecule is Cc1ccc(NS(=O)(=O)c2ccc([N+](=O)[O-])c(N)c2)cn1. The Morgan fingerprint density at radius 2 is 2.00 bits per heavy atom. The highest BCUT2D eigenvalue weighted by Gasteiger charge is 2.19. The number of nitrogens with two attached hydrogens (primary N) is 1. The van der Waals surface area contributed by atoms with E-state index in [1.807, 2.05) is 0 Å². The summed E-state index contributed by atoms with van der Waals surface area (Å²) in [6, 6.07) is 6.44. The number of pyridine rings is 1. The molecule has 1 heterocycles. The molecule has 0 saturated heterocycles. The molecule has 0 saturated carbocycles. The molecule has 3 N–H and O–H groups in total. The van der Waals surface area contributed by atoms with Crippen molar-refractivity contribution < 1.29 is 13.3 Å². The van der Waals surface area contributed by atoms with Gasteiger partial charge in [-0.1, -0.05) is 0 Å². The van der Waals surface area contributed by atoms with Crippen LogP contribution in [-0.4, -0.2) is 18.3 Å². The van der Waals surface area contributed by atoms with Gasteiger partial charge in [-0.05, 0) is 31.2 Å². The van der Waals surface area contributed by atoms with Crippen molar-refractivity contribution in [1.29, 1.82) is 0 Å². The van der Waals surface area contributed by atoms with Crippen LogP contribution >= 0.6 is 0 Å². The average molecular weight is 308 g/mol. The first-order valence-electron chi connectivity index (χ1n) is 5.79. The van der Waals surface area contributed by atoms with Gasteiger partial charge in [0, 0.05) is 11.8 Å². The number of benzene rings is 1. The van der Waals surface area contributed by atoms with Crippen LogP contribution in [0.25, 0.3) is 0 Å². The van der Waals surface area contributed by atoms with E-state index in [9.17, 15) is 18.5 Å². The Morgan fingerprint density at radius 3 is 2.52 bits per heavy atom. The second-order valence-corrected chi connectivity index (χ2v) is 5.95. The van der Waals surface area contributed by atoms with E-state index in [0.29, 0.717) is 0 Å². The molecule has 0 aliphatic rings. The Labute approximate surface area is 120 Å². The molecule has 0 spiro atoms. The minimum Gasteiger partial charge on any atom is -0.393 e. The quantitative estimate of drug-likeness (QED) is 0.502. The summed E-state index contributed by atoms with van der Waals surface area (Å²) in [5.74, 6) is 0. The van der Waals surface area contributed by atoms with Gasteiger partial charge in [0.2, 0.25) is 0 Å². The van der Waals surface area contributed by atoms with Crippen molar-refractivity contribution in [2.24, 2.45) is 0 Å². The Bertz CT molecular complexity index is 787. The van der Waals surface area contributed by atoms with Gasteiger partial charge in [-0.3, -0.25) is 19.8 Å². The Morgan fingerprint density at radius 1 is 1.29 bits per heavy atom. The van der Waals surface area contributed by atoms with Crippen LogP contribution in [0, 0.1) is 17.0 Å². The van der Waals surface area contributed by atoms with Gasteiger partial charge in [-0.25, -0.2) is 8.42 Å². The van der Waals surface area contributed by atoms with Gasteiger partial charge in [0.25, 0.3) is 15.7 Å². The Kier molecular flexibility index (Phi) is 3.76. The summed E-state index contributed by atoms with van der Waals surface area (Å²) in [7, 11) is -3.88. The molecular weight excluding hydrogens is 296 g/mol. The fourth-order valence-electron chi connectivity index (χ4n) is 1.61. The minimum atomic E-state index is -3.88. The van der Waals surface area contributed by atoms with Crippen LogP contribution in [0.2, 0.25) is 0 Å². The van der Waals surface area contributed by atoms with Crippen molar-refractivity contribution in [3.63, 3.8) is 0 Å². The number of nitro benzene ring substituents is 1. The molecule has 21 heavy (non-hydrogen) atoms. The molecule has 8 nitrogen and oxygen atoms in total. The second-order valence-electron chi connectivity index (χ2n) is 4.27. The molecule has 1 aromatic heterocycles. The van der Waals surface area contributed by atoms with E-state index in [1.165, 1.54) is 6.20 Å². The van der Waals surface area contributed by atoms with Crippen LogP contribution in [0.4, 0.5) is 17.1 Å². The van der Waals surface area contributed by atoms with Gasteiger partial charge in [0.1, 0.15) is 5.69 Å². The summed E-state index contributed by atoms with van der Waals surface area (Å²) < 4.78 is 26.6. The third-order valence-corrected chi connectivity index (χ3v) is 4.05. The molecule has 9 heteroatoms. The summed E-state index contributed by atoms with van der Waals surface area (Å²) >= 11 is 0. The predicted molar refractivity (Wildman–Crippen MR) is 77.3 cm³/mol. The third kappa shape index (κ3) is 3.26. The number of hydrogen-bond acceptors (Lipinski definition) is 6. The molecule has 0 fully saturated rings. The maximum Gasteiger partial charge on any atom is 0.292 e. The van der Waals surface area contributed by atoms with Crippen LogP contribution in [0.5, 0.6) is 0 Å². The lowest BCUT2D eigenvalue weighted by Gasteiger charge is -2.08. The number of nitrogens with zero attached hydrogens (tertiary/aromatic N) is 2. The molecule has 0 bridgehead atoms. The maximum atomic E-state index is 12.2. The van der Waals surface area contributed by atoms with Crippen molar-refractivity contribution >= 4 is 27.1 Å². The molecule has 0 unspecified atom stereocenters. The van der Waals surface area contributed by atoms with Crippen LogP contribution in [-0.2, 0) is 10.0 Å². The normalized spacial score (nSPS) is 11.1. The summed E-state index contributed by atoms with van der Waals surface area (Å²) in [4.78, 5) is 13.8. The van der Waals surface area contributed by atoms with E-state index >= 15 is 0 Å². The third-order valence-electron chi connectivity index (χ3n) is 2.67. The van der Waals surface area contributed by atoms with Crippen molar-refractivity contribution in [2.45, 2.75) is 11.8 Å². The van der Waals surface area contributed by atoms with E-state index in [4.69, 9.17) is 5.73 Å². The van der Waals surface area contributed by atoms with Gasteiger partial charge < -0.3 is 5.73 Å². The largest absolute Gasteiger partial charge is 0.393 e. The molecule has 110 valence electrons. The molecule has 0 atom stereocenters. The molecule has 2 aromatic rings. The van der Waals surface area contributed by atoms with Crippen LogP contribution in [0.3, 0.4) is 0 Å². The van der Waals surface area contributed by atoms with Crippen LogP contribution in [0.15, 0.2) is 41.4 Å². The number of hydrogen-bond donors (Lipinski definition) is 2. The molecule has 0 aliphatic heterocycles. The van der Waals surface area contributed by atoms with E-state index in [-0.39, 0.29) is 22.0 Å². The van der Waals surface area contributed by atoms with Crippen molar-refractivity contribution in [1.82, 2.24) is 4.98 Å². The van der Waals surface area contributed by atoms with Crippen LogP contribution < -0.4 is 10.5 Å². The zero-order valence-electron chi connectivity index (χ0n) is 11.0. The van der Waals surface area contributed by atoms with Crippen molar-refractivity contribution in [3.8, 4) is 0 Å². The first-order chi connectivity index (χ1) is 9.79. The standard InChI is InChI=1S/C12H12N4O4S/c1-8-2-3-9(7-14-8)15-21(19,20)10-4-5-12(16(17)18)11(13)6-10/h2-7,15H,13H2,1H3. The topological polar surface area (TPSA) is 128 Å². The number of nitrogens with one attached hydrogen (secondary N) is 1. The van der Waals surface area contributed by atoms with E-state index in [1.54, 1.807) is 19.1 Å². The molecular formula is C12H12N4O4S. The van der Waals surface area contributed by atoms with Gasteiger partial charge in [0.05, 0.1) is 21.7 Å². The van der Waals surface area contributed by atoms with Gasteiger partial charge >= 0.3 is 0 Å². The highest BCUT2D eigenvalue weighted by molar-refractivity contribution is 7.92. The number of rotatable bonds is 4. The van der Waals surface area contributed by atoms with Crippen molar-refractivity contribution in [2.75, 3.05) is 10.5 Å². The fraction of sp³-hybridized carbons (Fsp3) is 0.0833. The monoisotopic (exact) mass is 308 g/mol. The number of sulfonamides is 1. The highest BCUT2D eigenvalue weighted by atomic mass is 32.2. The second kappa shape index (κ2) is 5.37. The van der Waals surface area contributed by atoms with Crippen LogP contribution in [0.1, 0.15) is 5.69 Å². The lowest BCUT2D eigenvalue weighted by Crippen LogP contribution is -2.13. The van der Waals surface area contributed by atoms with E-state index in [0.717, 1.165) is 23.9 Å². The van der Waals surface area contributed by atoms with E-state index in [2.05, 4.69) is 9.71 Å². The molecule has 0 amide bonds. The first-order valence-corrected chi connectivity index (χ1v) is 7.27. The minimum absolute atomic E-state index is 0.161. The average Bonchev–Trinajstić information content (AvgIpc) is 2.40. The number of nitrogen functional groups attached to an aromatic ring is 1. The number of nitro groups is 1. The lowest BCUT2D eigenvalue weighted by molar-refractivity contribution is -0.383. The van der Waals surface area contributed by atoms with E-state index < -0.39 is 14.9 Å². The number of anilines is 2. The lowest BCUT2D eigenvalue weighted by atomic mass is 10.3. The van der Waals surface area contributed by atoms with Gasteiger partial charge in [-0.2, -0.15) is 0 Å². The summed E-state index contributed by atoms with van der Waals surface area (Å²) in [5.41, 5.74) is 5.96. The molecule has 0 aliphatic carbocycles. The summed E-state index contributed by atoms with van der Waals surface area (Å²) in [6.07, 6.45) is 1.38. The summed E-state index contributed by atoms with van der Waals surface area (Å²) in [6.45, 7) is 1.77. The molecule has 2 rings (SSSR count). The predicted octanol–water partition coefficient (Wildman–Crippen LogP) is 1.68. The Hall–Kier alpha value is -2.68. The van der Waals surface area contributed by atoms with Crippen molar-refractivity contribution in [3.05, 3.63) is 52.3 Å². The zero-order chi connectivity index (χ0) is 15.6. The Balaban J connectivity index is 2.33. The zero-order valence-corrected chi connectivity index (χ0v) is 11.8. The van der Waals surface area contributed by atoms with Gasteiger partial charge in [-0.15, -0.1) is 0 Å². The molecule has 1 aromatic carbocycles. The number of aromatic nitrogens is 1. The smallest absolute Gasteiger partial charge is 0.292 e. The fourth-order valence-corrected chi connectivity index (χ4v) is 2.69. The van der Waals surface area contributed by atoms with Gasteiger partial charge in [0.15, 0.2) is 0 Å². The first kappa shape index (κ1) is 14.7. The maximum absolute atomic E-state index is 12.2. The molecule has 0 radical (unpaired) electrons. The number of aryl methyl sites for hydroxylation is 1. The highest BCUT2D eigenvalue weighted by Crippen LogP contribution is 2.25.